The molecule has 76 valence electrons. The standard InChI is InChI=1S/C11H11N3O/c12-8-9-6-7-13-11(14-9)15-10-4-2-1-3-5-10/h1-7H,8,12H2. The Labute approximate surface area is 87.7 Å². The van der Waals surface area contributed by atoms with Crippen LogP contribution in [-0.4, -0.2) is 9.97 Å². The van der Waals surface area contributed by atoms with Gasteiger partial charge in [0.15, 0.2) is 0 Å². The van der Waals surface area contributed by atoms with Crippen molar-refractivity contribution in [3.8, 4) is 11.8 Å². The maximum Gasteiger partial charge on any atom is 0.322 e. The highest BCUT2D eigenvalue weighted by atomic mass is 16.5. The third-order valence-corrected chi connectivity index (χ3v) is 1.85. The van der Waals surface area contributed by atoms with Crippen LogP contribution in [0.5, 0.6) is 11.8 Å². The summed E-state index contributed by atoms with van der Waals surface area (Å²) in [4.78, 5) is 8.12. The summed E-state index contributed by atoms with van der Waals surface area (Å²) in [5.41, 5.74) is 6.23. The molecule has 4 nitrogen and oxygen atoms in total. The largest absolute Gasteiger partial charge is 0.424 e. The molecule has 0 atom stereocenters. The van der Waals surface area contributed by atoms with Crippen LogP contribution in [0.2, 0.25) is 0 Å². The number of nitrogens with two attached hydrogens (primary N) is 1. The first-order valence-corrected chi connectivity index (χ1v) is 4.63. The number of ether oxygens (including phenoxy) is 1. The van der Waals surface area contributed by atoms with Crippen LogP contribution in [0, 0.1) is 0 Å². The zero-order valence-electron chi connectivity index (χ0n) is 8.13. The van der Waals surface area contributed by atoms with Gasteiger partial charge in [0, 0.05) is 12.7 Å². The van der Waals surface area contributed by atoms with Gasteiger partial charge in [0.1, 0.15) is 5.75 Å². The molecule has 1 aromatic carbocycles. The fourth-order valence-electron chi connectivity index (χ4n) is 1.13. The van der Waals surface area contributed by atoms with E-state index in [4.69, 9.17) is 10.5 Å². The summed E-state index contributed by atoms with van der Waals surface area (Å²) in [5.74, 6) is 0.715. The molecule has 2 N–H and O–H groups in total. The van der Waals surface area contributed by atoms with Gasteiger partial charge in [-0.25, -0.2) is 4.98 Å². The second kappa shape index (κ2) is 4.52. The van der Waals surface area contributed by atoms with Crippen LogP contribution < -0.4 is 10.5 Å². The topological polar surface area (TPSA) is 61.0 Å². The zero-order valence-corrected chi connectivity index (χ0v) is 8.13. The first kappa shape index (κ1) is 9.61. The Bertz CT molecular complexity index is 431. The van der Waals surface area contributed by atoms with Crippen LogP contribution >= 0.6 is 0 Å². The Morgan fingerprint density at radius 1 is 1.13 bits per heavy atom. The summed E-state index contributed by atoms with van der Waals surface area (Å²) in [5, 5.41) is 0. The van der Waals surface area contributed by atoms with Crippen molar-refractivity contribution in [2.75, 3.05) is 0 Å². The van der Waals surface area contributed by atoms with Crippen molar-refractivity contribution in [1.29, 1.82) is 0 Å². The van der Waals surface area contributed by atoms with Crippen molar-refractivity contribution in [3.05, 3.63) is 48.3 Å². The van der Waals surface area contributed by atoms with Gasteiger partial charge in [0.2, 0.25) is 0 Å². The maximum atomic E-state index is 5.47. The first-order chi connectivity index (χ1) is 7.38. The van der Waals surface area contributed by atoms with E-state index in [0.29, 0.717) is 18.3 Å². The van der Waals surface area contributed by atoms with E-state index in [2.05, 4.69) is 9.97 Å². The summed E-state index contributed by atoms with van der Waals surface area (Å²) in [6.45, 7) is 0.383. The number of nitrogens with zero attached hydrogens (tertiary/aromatic N) is 2. The summed E-state index contributed by atoms with van der Waals surface area (Å²) in [7, 11) is 0. The molecule has 0 bridgehead atoms. The van der Waals surface area contributed by atoms with Crippen LogP contribution in [0.4, 0.5) is 0 Å². The predicted octanol–water partition coefficient (Wildman–Crippen LogP) is 1.73. The van der Waals surface area contributed by atoms with Gasteiger partial charge in [0.05, 0.1) is 5.69 Å². The van der Waals surface area contributed by atoms with E-state index in [9.17, 15) is 0 Å². The van der Waals surface area contributed by atoms with Crippen molar-refractivity contribution in [3.63, 3.8) is 0 Å². The fraction of sp³-hybridized carbons (Fsp3) is 0.0909. The monoisotopic (exact) mass is 201 g/mol. The molecule has 2 rings (SSSR count). The summed E-state index contributed by atoms with van der Waals surface area (Å²) in [6.07, 6.45) is 1.63. The molecule has 4 heteroatoms. The van der Waals surface area contributed by atoms with Crippen molar-refractivity contribution >= 4 is 0 Å². The zero-order chi connectivity index (χ0) is 10.5. The van der Waals surface area contributed by atoms with Gasteiger partial charge in [-0.3, -0.25) is 0 Å². The second-order valence-corrected chi connectivity index (χ2v) is 2.95. The molecule has 1 heterocycles. The molecule has 0 amide bonds. The smallest absolute Gasteiger partial charge is 0.322 e. The van der Waals surface area contributed by atoms with Gasteiger partial charge < -0.3 is 10.5 Å². The Kier molecular flexibility index (Phi) is 2.90. The third-order valence-electron chi connectivity index (χ3n) is 1.85. The molecule has 0 spiro atoms. The minimum Gasteiger partial charge on any atom is -0.424 e. The highest BCUT2D eigenvalue weighted by Gasteiger charge is 2.00. The highest BCUT2D eigenvalue weighted by Crippen LogP contribution is 2.16. The van der Waals surface area contributed by atoms with Crippen LogP contribution in [0.25, 0.3) is 0 Å². The lowest BCUT2D eigenvalue weighted by atomic mass is 10.3. The van der Waals surface area contributed by atoms with E-state index >= 15 is 0 Å². The Hall–Kier alpha value is -1.94. The minimum absolute atomic E-state index is 0.323. The Balaban J connectivity index is 2.17. The Morgan fingerprint density at radius 3 is 2.67 bits per heavy atom. The van der Waals surface area contributed by atoms with E-state index in [-0.39, 0.29) is 0 Å². The van der Waals surface area contributed by atoms with Gasteiger partial charge in [-0.15, -0.1) is 0 Å². The highest BCUT2D eigenvalue weighted by molar-refractivity contribution is 5.24. The SMILES string of the molecule is NCc1ccnc(Oc2ccccc2)n1. The molecule has 0 fully saturated rings. The summed E-state index contributed by atoms with van der Waals surface area (Å²) < 4.78 is 5.44. The van der Waals surface area contributed by atoms with Crippen LogP contribution in [0.3, 0.4) is 0 Å². The van der Waals surface area contributed by atoms with Crippen LogP contribution in [0.1, 0.15) is 5.69 Å². The van der Waals surface area contributed by atoms with Gasteiger partial charge >= 0.3 is 6.01 Å². The molecule has 0 saturated carbocycles. The Morgan fingerprint density at radius 2 is 1.93 bits per heavy atom. The number of hydrogen-bond donors (Lipinski definition) is 1. The molecule has 1 aromatic heterocycles. The molecule has 0 aliphatic carbocycles. The van der Waals surface area contributed by atoms with Crippen molar-refractivity contribution < 1.29 is 4.74 Å². The third kappa shape index (κ3) is 2.51. The van der Waals surface area contributed by atoms with E-state index < -0.39 is 0 Å². The van der Waals surface area contributed by atoms with Crippen molar-refractivity contribution in [1.82, 2.24) is 9.97 Å². The van der Waals surface area contributed by atoms with E-state index in [1.165, 1.54) is 0 Å². The number of aromatic nitrogens is 2. The van der Waals surface area contributed by atoms with Gasteiger partial charge in [-0.2, -0.15) is 4.98 Å². The quantitative estimate of drug-likeness (QED) is 0.821. The fourth-order valence-corrected chi connectivity index (χ4v) is 1.13. The lowest BCUT2D eigenvalue weighted by Gasteiger charge is -2.03. The van der Waals surface area contributed by atoms with Crippen LogP contribution in [0.15, 0.2) is 42.6 Å². The summed E-state index contributed by atoms with van der Waals surface area (Å²) >= 11 is 0. The predicted molar refractivity (Wildman–Crippen MR) is 56.4 cm³/mol. The molecular formula is C11H11N3O. The average molecular weight is 201 g/mol. The average Bonchev–Trinajstić information content (AvgIpc) is 2.31. The minimum atomic E-state index is 0.323. The second-order valence-electron chi connectivity index (χ2n) is 2.95. The molecule has 0 aliphatic heterocycles. The van der Waals surface area contributed by atoms with Gasteiger partial charge in [-0.1, -0.05) is 18.2 Å². The van der Waals surface area contributed by atoms with E-state index in [1.54, 1.807) is 12.3 Å². The molecule has 0 radical (unpaired) electrons. The van der Waals surface area contributed by atoms with Crippen LogP contribution in [-0.2, 0) is 6.54 Å². The van der Waals surface area contributed by atoms with Crippen molar-refractivity contribution in [2.24, 2.45) is 5.73 Å². The van der Waals surface area contributed by atoms with Gasteiger partial charge in [0.25, 0.3) is 0 Å². The normalized spacial score (nSPS) is 9.93. The van der Waals surface area contributed by atoms with Gasteiger partial charge in [-0.05, 0) is 18.2 Å². The number of benzene rings is 1. The molecule has 0 unspecified atom stereocenters. The number of rotatable bonds is 3. The van der Waals surface area contributed by atoms with Crippen molar-refractivity contribution in [2.45, 2.75) is 6.54 Å². The van der Waals surface area contributed by atoms with E-state index in [0.717, 1.165) is 5.69 Å². The first-order valence-electron chi connectivity index (χ1n) is 4.63. The molecule has 0 aliphatic rings. The lowest BCUT2D eigenvalue weighted by Crippen LogP contribution is -2.01. The van der Waals surface area contributed by atoms with E-state index in [1.807, 2.05) is 30.3 Å². The molecule has 2 aromatic rings. The molecule has 0 saturated heterocycles. The number of hydrogen-bond acceptors (Lipinski definition) is 4. The molecular weight excluding hydrogens is 190 g/mol. The maximum absolute atomic E-state index is 5.47. The summed E-state index contributed by atoms with van der Waals surface area (Å²) in [6, 6.07) is 11.5. The number of para-hydroxylation sites is 1. The molecule has 15 heavy (non-hydrogen) atoms. The lowest BCUT2D eigenvalue weighted by molar-refractivity contribution is 0.439.